The summed E-state index contributed by atoms with van der Waals surface area (Å²) in [6.45, 7) is 0. The van der Waals surface area contributed by atoms with Crippen molar-refractivity contribution in [3.05, 3.63) is 83.2 Å². The third-order valence-corrected chi connectivity index (χ3v) is 6.12. The van der Waals surface area contributed by atoms with Gasteiger partial charge in [-0.15, -0.1) is 0 Å². The number of ether oxygens (including phenoxy) is 6. The molecular weight excluding hydrogens is 508 g/mol. The minimum atomic E-state index is 0.544. The van der Waals surface area contributed by atoms with Crippen molar-refractivity contribution in [2.75, 3.05) is 42.7 Å². The predicted molar refractivity (Wildman–Crippen MR) is 158 cm³/mol. The maximum atomic E-state index is 5.50. The normalized spacial score (nSPS) is 11.1. The summed E-state index contributed by atoms with van der Waals surface area (Å²) in [5, 5.41) is 0. The summed E-state index contributed by atoms with van der Waals surface area (Å²) in [6, 6.07) is 19.0. The predicted octanol–water partition coefficient (Wildman–Crippen LogP) is 6.54. The van der Waals surface area contributed by atoms with Gasteiger partial charge >= 0.3 is 0 Å². The Morgan fingerprint density at radius 3 is 1.25 bits per heavy atom. The molecule has 0 atom stereocenters. The van der Waals surface area contributed by atoms with Crippen molar-refractivity contribution >= 4 is 24.3 Å². The fourth-order valence-corrected chi connectivity index (χ4v) is 4.04. The summed E-state index contributed by atoms with van der Waals surface area (Å²) < 4.78 is 32.5. The Hall–Kier alpha value is -4.98. The summed E-state index contributed by atoms with van der Waals surface area (Å²) in [5.74, 6) is 4.40. The fourth-order valence-electron chi connectivity index (χ4n) is 4.04. The van der Waals surface area contributed by atoms with Crippen LogP contribution in [0.1, 0.15) is 22.5 Å². The van der Waals surface area contributed by atoms with Crippen LogP contribution in [0.15, 0.2) is 60.7 Å². The van der Waals surface area contributed by atoms with E-state index >= 15 is 0 Å². The van der Waals surface area contributed by atoms with E-state index in [9.17, 15) is 0 Å². The minimum absolute atomic E-state index is 0.544. The molecule has 0 N–H and O–H groups in total. The highest BCUT2D eigenvalue weighted by Crippen LogP contribution is 2.32. The van der Waals surface area contributed by atoms with E-state index in [1.165, 1.54) is 0 Å². The molecule has 0 fully saturated rings. The molecule has 4 rings (SSSR count). The Morgan fingerprint density at radius 1 is 0.425 bits per heavy atom. The second kappa shape index (κ2) is 13.2. The molecule has 0 aliphatic carbocycles. The van der Waals surface area contributed by atoms with Crippen molar-refractivity contribution in [3.8, 4) is 45.9 Å². The van der Waals surface area contributed by atoms with Crippen LogP contribution < -0.4 is 28.4 Å². The zero-order valence-electron chi connectivity index (χ0n) is 23.4. The number of nitrogens with zero attached hydrogens (tertiary/aromatic N) is 2. The van der Waals surface area contributed by atoms with E-state index in [1.54, 1.807) is 42.7 Å². The molecule has 0 amide bonds. The van der Waals surface area contributed by atoms with Gasteiger partial charge in [-0.2, -0.15) is 0 Å². The quantitative estimate of drug-likeness (QED) is 0.212. The number of aromatic nitrogens is 2. The zero-order valence-corrected chi connectivity index (χ0v) is 23.4. The van der Waals surface area contributed by atoms with Crippen LogP contribution in [-0.4, -0.2) is 52.6 Å². The largest absolute Gasteiger partial charge is 0.493 e. The van der Waals surface area contributed by atoms with Gasteiger partial charge in [-0.1, -0.05) is 24.3 Å². The first-order valence-electron chi connectivity index (χ1n) is 12.4. The number of rotatable bonds is 11. The summed E-state index contributed by atoms with van der Waals surface area (Å²) in [6.07, 6.45) is 7.79. The maximum Gasteiger partial charge on any atom is 0.161 e. The molecular formula is C32H32N2O6. The smallest absolute Gasteiger partial charge is 0.161 e. The number of benzene rings is 3. The highest BCUT2D eigenvalue weighted by atomic mass is 16.5. The van der Waals surface area contributed by atoms with Gasteiger partial charge in [0, 0.05) is 5.56 Å². The highest BCUT2D eigenvalue weighted by Gasteiger charge is 2.11. The van der Waals surface area contributed by atoms with Crippen LogP contribution in [0, 0.1) is 0 Å². The standard InChI is InChI=1S/C32H32N2O6/c1-35-26-14-9-21(17-29(26)38-4)7-12-24-20-25(13-8-22-10-15-27(36-2)30(18-22)39-5)34-32(33-24)23-11-16-28(37-3)31(19-23)40-6/h7-20H,1-6H3/b12-7-,13-8-. The van der Waals surface area contributed by atoms with Gasteiger partial charge < -0.3 is 28.4 Å². The van der Waals surface area contributed by atoms with E-state index < -0.39 is 0 Å². The fraction of sp³-hybridized carbons (Fsp3) is 0.188. The Morgan fingerprint density at radius 2 is 0.825 bits per heavy atom. The van der Waals surface area contributed by atoms with Crippen LogP contribution >= 0.6 is 0 Å². The second-order valence-corrected chi connectivity index (χ2v) is 8.51. The van der Waals surface area contributed by atoms with Gasteiger partial charge in [-0.05, 0) is 71.8 Å². The summed E-state index contributed by atoms with van der Waals surface area (Å²) >= 11 is 0. The van der Waals surface area contributed by atoms with Gasteiger partial charge in [0.25, 0.3) is 0 Å². The first kappa shape index (κ1) is 28.0. The molecule has 0 bridgehead atoms. The lowest BCUT2D eigenvalue weighted by Crippen LogP contribution is -1.97. The number of hydrogen-bond acceptors (Lipinski definition) is 8. The molecule has 4 aromatic rings. The monoisotopic (exact) mass is 540 g/mol. The van der Waals surface area contributed by atoms with Crippen LogP contribution in [-0.2, 0) is 0 Å². The summed E-state index contributed by atoms with van der Waals surface area (Å²) in [7, 11) is 9.65. The third kappa shape index (κ3) is 6.53. The Bertz CT molecular complexity index is 1450. The first-order chi connectivity index (χ1) is 19.5. The van der Waals surface area contributed by atoms with Gasteiger partial charge in [0.15, 0.2) is 40.3 Å². The Balaban J connectivity index is 1.75. The summed E-state index contributed by atoms with van der Waals surface area (Å²) in [5.41, 5.74) is 4.11. The lowest BCUT2D eigenvalue weighted by atomic mass is 10.1. The molecule has 40 heavy (non-hydrogen) atoms. The SMILES string of the molecule is COc1ccc(/C=C\c2cc(/C=C\c3ccc(OC)c(OC)c3)nc(-c3ccc(OC)c(OC)c3)n2)cc1OC. The molecule has 1 heterocycles. The molecule has 0 radical (unpaired) electrons. The average Bonchev–Trinajstić information content (AvgIpc) is 3.01. The highest BCUT2D eigenvalue weighted by molar-refractivity contribution is 5.75. The Kier molecular flexibility index (Phi) is 9.25. The molecule has 0 saturated heterocycles. The van der Waals surface area contributed by atoms with Crippen molar-refractivity contribution in [2.45, 2.75) is 0 Å². The molecule has 0 unspecified atom stereocenters. The maximum absolute atomic E-state index is 5.50. The molecule has 3 aromatic carbocycles. The lowest BCUT2D eigenvalue weighted by molar-refractivity contribution is 0.355. The third-order valence-electron chi connectivity index (χ3n) is 6.12. The zero-order chi connectivity index (χ0) is 28.5. The molecule has 8 nitrogen and oxygen atoms in total. The molecule has 0 spiro atoms. The van der Waals surface area contributed by atoms with E-state index in [4.69, 9.17) is 38.4 Å². The van der Waals surface area contributed by atoms with E-state index in [1.807, 2.05) is 85.0 Å². The van der Waals surface area contributed by atoms with Crippen molar-refractivity contribution in [2.24, 2.45) is 0 Å². The van der Waals surface area contributed by atoms with Crippen LogP contribution in [0.25, 0.3) is 35.7 Å². The molecule has 0 aliphatic heterocycles. The average molecular weight is 541 g/mol. The molecule has 206 valence electrons. The number of methoxy groups -OCH3 is 6. The van der Waals surface area contributed by atoms with Crippen LogP contribution in [0.2, 0.25) is 0 Å². The molecule has 0 aliphatic rings. The van der Waals surface area contributed by atoms with Crippen molar-refractivity contribution in [1.29, 1.82) is 0 Å². The van der Waals surface area contributed by atoms with Gasteiger partial charge in [-0.25, -0.2) is 9.97 Å². The number of hydrogen-bond donors (Lipinski definition) is 0. The van der Waals surface area contributed by atoms with Crippen LogP contribution in [0.5, 0.6) is 34.5 Å². The van der Waals surface area contributed by atoms with Gasteiger partial charge in [-0.3, -0.25) is 0 Å². The van der Waals surface area contributed by atoms with Crippen LogP contribution in [0.4, 0.5) is 0 Å². The molecule has 8 heteroatoms. The van der Waals surface area contributed by atoms with Crippen molar-refractivity contribution < 1.29 is 28.4 Å². The Labute approximate surface area is 234 Å². The van der Waals surface area contributed by atoms with Crippen molar-refractivity contribution in [1.82, 2.24) is 9.97 Å². The van der Waals surface area contributed by atoms with E-state index in [0.29, 0.717) is 40.3 Å². The first-order valence-corrected chi connectivity index (χ1v) is 12.4. The van der Waals surface area contributed by atoms with E-state index in [2.05, 4.69) is 0 Å². The van der Waals surface area contributed by atoms with Gasteiger partial charge in [0.1, 0.15) is 0 Å². The van der Waals surface area contributed by atoms with Crippen LogP contribution in [0.3, 0.4) is 0 Å². The summed E-state index contributed by atoms with van der Waals surface area (Å²) in [4.78, 5) is 9.62. The van der Waals surface area contributed by atoms with E-state index in [0.717, 1.165) is 28.1 Å². The minimum Gasteiger partial charge on any atom is -0.493 e. The van der Waals surface area contributed by atoms with Crippen molar-refractivity contribution in [3.63, 3.8) is 0 Å². The molecule has 0 saturated carbocycles. The van der Waals surface area contributed by atoms with E-state index in [-0.39, 0.29) is 0 Å². The lowest BCUT2D eigenvalue weighted by Gasteiger charge is -2.10. The molecule has 1 aromatic heterocycles. The topological polar surface area (TPSA) is 81.2 Å². The van der Waals surface area contributed by atoms with Gasteiger partial charge in [0.2, 0.25) is 0 Å². The van der Waals surface area contributed by atoms with Gasteiger partial charge in [0.05, 0.1) is 54.0 Å². The second-order valence-electron chi connectivity index (χ2n) is 8.51.